The maximum atomic E-state index is 12.2. The smallest absolute Gasteiger partial charge is 0.276 e. The van der Waals surface area contributed by atoms with E-state index in [2.05, 4.69) is 20.4 Å². The molecule has 1 aromatic carbocycles. The van der Waals surface area contributed by atoms with Gasteiger partial charge in [-0.15, -0.1) is 10.2 Å². The molecule has 0 saturated carbocycles. The van der Waals surface area contributed by atoms with Crippen molar-refractivity contribution in [3.05, 3.63) is 46.6 Å². The van der Waals surface area contributed by atoms with Crippen LogP contribution in [0.2, 0.25) is 5.02 Å². The molecule has 0 fully saturated rings. The molecule has 6 heteroatoms. The second kappa shape index (κ2) is 7.22. The van der Waals surface area contributed by atoms with Gasteiger partial charge in [0, 0.05) is 23.8 Å². The summed E-state index contributed by atoms with van der Waals surface area (Å²) in [6.45, 7) is 7.69. The molecule has 5 nitrogen and oxygen atoms in total. The summed E-state index contributed by atoms with van der Waals surface area (Å²) in [7, 11) is 0. The van der Waals surface area contributed by atoms with Gasteiger partial charge < -0.3 is 10.2 Å². The van der Waals surface area contributed by atoms with Crippen LogP contribution in [0.5, 0.6) is 0 Å². The summed E-state index contributed by atoms with van der Waals surface area (Å²) < 4.78 is 0. The van der Waals surface area contributed by atoms with Gasteiger partial charge in [0.2, 0.25) is 0 Å². The van der Waals surface area contributed by atoms with E-state index in [0.717, 1.165) is 24.5 Å². The zero-order valence-electron chi connectivity index (χ0n) is 12.9. The van der Waals surface area contributed by atoms with Crippen molar-refractivity contribution in [3.8, 4) is 0 Å². The predicted molar refractivity (Wildman–Crippen MR) is 89.7 cm³/mol. The maximum absolute atomic E-state index is 12.2. The molecule has 1 N–H and O–H groups in total. The van der Waals surface area contributed by atoms with Crippen LogP contribution >= 0.6 is 11.6 Å². The minimum Gasteiger partial charge on any atom is -0.356 e. The predicted octanol–water partition coefficient (Wildman–Crippen LogP) is 3.54. The first-order valence-electron chi connectivity index (χ1n) is 7.21. The normalized spacial score (nSPS) is 10.4. The third-order valence-electron chi connectivity index (χ3n) is 3.42. The van der Waals surface area contributed by atoms with Gasteiger partial charge in [-0.3, -0.25) is 4.79 Å². The number of halogens is 1. The third kappa shape index (κ3) is 3.74. The Bertz CT molecular complexity index is 654. The van der Waals surface area contributed by atoms with Crippen molar-refractivity contribution in [1.29, 1.82) is 0 Å². The highest BCUT2D eigenvalue weighted by Crippen LogP contribution is 2.20. The van der Waals surface area contributed by atoms with E-state index in [-0.39, 0.29) is 11.6 Å². The number of amides is 1. The van der Waals surface area contributed by atoms with Crippen molar-refractivity contribution in [2.24, 2.45) is 0 Å². The van der Waals surface area contributed by atoms with Gasteiger partial charge in [0.25, 0.3) is 5.91 Å². The van der Waals surface area contributed by atoms with E-state index in [1.54, 1.807) is 24.3 Å². The lowest BCUT2D eigenvalue weighted by Gasteiger charge is -2.18. The Balaban J connectivity index is 2.14. The second-order valence-electron chi connectivity index (χ2n) is 4.86. The standard InChI is InChI=1S/C16H19ClN4O/c1-4-21(5-2)15-9-8-13(19-20-15)16(22)18-14-10-12(17)7-6-11(14)3/h6-10H,4-5H2,1-3H3,(H,18,22). The van der Waals surface area contributed by atoms with Crippen LogP contribution in [0.1, 0.15) is 29.9 Å². The van der Waals surface area contributed by atoms with Crippen LogP contribution in [0.25, 0.3) is 0 Å². The van der Waals surface area contributed by atoms with Crippen LogP contribution in [-0.4, -0.2) is 29.2 Å². The molecule has 1 aromatic heterocycles. The lowest BCUT2D eigenvalue weighted by Crippen LogP contribution is -2.24. The highest BCUT2D eigenvalue weighted by Gasteiger charge is 2.12. The quantitative estimate of drug-likeness (QED) is 0.916. The summed E-state index contributed by atoms with van der Waals surface area (Å²) in [6, 6.07) is 8.83. The van der Waals surface area contributed by atoms with Gasteiger partial charge in [-0.05, 0) is 50.6 Å². The lowest BCUT2D eigenvalue weighted by molar-refractivity contribution is 0.102. The summed E-state index contributed by atoms with van der Waals surface area (Å²) in [5.74, 6) is 0.462. The monoisotopic (exact) mass is 318 g/mol. The fraction of sp³-hybridized carbons (Fsp3) is 0.312. The molecule has 0 unspecified atom stereocenters. The number of hydrogen-bond acceptors (Lipinski definition) is 4. The molecule has 0 aliphatic carbocycles. The van der Waals surface area contributed by atoms with Crippen LogP contribution in [-0.2, 0) is 0 Å². The Morgan fingerprint density at radius 3 is 2.50 bits per heavy atom. The number of carbonyl (C=O) groups is 1. The van der Waals surface area contributed by atoms with Crippen LogP contribution in [0.15, 0.2) is 30.3 Å². The Kier molecular flexibility index (Phi) is 5.33. The third-order valence-corrected chi connectivity index (χ3v) is 3.65. The maximum Gasteiger partial charge on any atom is 0.276 e. The molecule has 2 rings (SSSR count). The van der Waals surface area contributed by atoms with Crippen LogP contribution in [0.4, 0.5) is 11.5 Å². The average Bonchev–Trinajstić information content (AvgIpc) is 2.53. The first kappa shape index (κ1) is 16.2. The molecule has 0 atom stereocenters. The number of carbonyl (C=O) groups excluding carboxylic acids is 1. The highest BCUT2D eigenvalue weighted by molar-refractivity contribution is 6.31. The topological polar surface area (TPSA) is 58.1 Å². The van der Waals surface area contributed by atoms with Crippen molar-refractivity contribution < 1.29 is 4.79 Å². The van der Waals surface area contributed by atoms with E-state index < -0.39 is 0 Å². The van der Waals surface area contributed by atoms with E-state index in [4.69, 9.17) is 11.6 Å². The molecule has 0 aliphatic heterocycles. The molecule has 22 heavy (non-hydrogen) atoms. The minimum atomic E-state index is -0.302. The Morgan fingerprint density at radius 2 is 1.91 bits per heavy atom. The lowest BCUT2D eigenvalue weighted by atomic mass is 10.2. The van der Waals surface area contributed by atoms with Gasteiger partial charge in [0.05, 0.1) is 0 Å². The van der Waals surface area contributed by atoms with Crippen molar-refractivity contribution >= 4 is 29.0 Å². The zero-order valence-corrected chi connectivity index (χ0v) is 13.7. The number of benzene rings is 1. The van der Waals surface area contributed by atoms with Crippen molar-refractivity contribution in [2.75, 3.05) is 23.3 Å². The number of nitrogens with one attached hydrogen (secondary N) is 1. The van der Waals surface area contributed by atoms with Crippen molar-refractivity contribution in [3.63, 3.8) is 0 Å². The molecule has 116 valence electrons. The summed E-state index contributed by atoms with van der Waals surface area (Å²) >= 11 is 5.95. The number of nitrogens with zero attached hydrogens (tertiary/aromatic N) is 3. The minimum absolute atomic E-state index is 0.273. The molecule has 1 amide bonds. The largest absolute Gasteiger partial charge is 0.356 e. The molecule has 0 bridgehead atoms. The summed E-state index contributed by atoms with van der Waals surface area (Å²) in [5, 5.41) is 11.5. The van der Waals surface area contributed by atoms with Crippen LogP contribution in [0, 0.1) is 6.92 Å². The molecule has 0 radical (unpaired) electrons. The molecule has 0 aliphatic rings. The number of hydrogen-bond donors (Lipinski definition) is 1. The van der Waals surface area contributed by atoms with Gasteiger partial charge in [-0.1, -0.05) is 17.7 Å². The van der Waals surface area contributed by atoms with Gasteiger partial charge >= 0.3 is 0 Å². The number of aromatic nitrogens is 2. The van der Waals surface area contributed by atoms with E-state index in [1.807, 2.05) is 26.8 Å². The molecule has 2 aromatic rings. The van der Waals surface area contributed by atoms with Crippen LogP contribution < -0.4 is 10.2 Å². The zero-order chi connectivity index (χ0) is 16.1. The van der Waals surface area contributed by atoms with Gasteiger partial charge in [0.15, 0.2) is 11.5 Å². The number of anilines is 2. The van der Waals surface area contributed by atoms with E-state index >= 15 is 0 Å². The fourth-order valence-electron chi connectivity index (χ4n) is 2.08. The molecular formula is C16H19ClN4O. The molecule has 1 heterocycles. The molecular weight excluding hydrogens is 300 g/mol. The average molecular weight is 319 g/mol. The van der Waals surface area contributed by atoms with Gasteiger partial charge in [-0.2, -0.15) is 0 Å². The highest BCUT2D eigenvalue weighted by atomic mass is 35.5. The Morgan fingerprint density at radius 1 is 1.18 bits per heavy atom. The summed E-state index contributed by atoms with van der Waals surface area (Å²) in [6.07, 6.45) is 0. The van der Waals surface area contributed by atoms with Crippen LogP contribution in [0.3, 0.4) is 0 Å². The number of aryl methyl sites for hydroxylation is 1. The van der Waals surface area contributed by atoms with Gasteiger partial charge in [0.1, 0.15) is 0 Å². The first-order chi connectivity index (χ1) is 10.5. The van der Waals surface area contributed by atoms with E-state index in [1.165, 1.54) is 0 Å². The molecule has 0 saturated heterocycles. The van der Waals surface area contributed by atoms with Crippen molar-refractivity contribution in [1.82, 2.24) is 10.2 Å². The number of rotatable bonds is 5. The summed E-state index contributed by atoms with van der Waals surface area (Å²) in [5.41, 5.74) is 1.88. The fourth-order valence-corrected chi connectivity index (χ4v) is 2.25. The first-order valence-corrected chi connectivity index (χ1v) is 7.59. The Hall–Kier alpha value is -2.14. The summed E-state index contributed by atoms with van der Waals surface area (Å²) in [4.78, 5) is 14.3. The SMILES string of the molecule is CCN(CC)c1ccc(C(=O)Nc2cc(Cl)ccc2C)nn1. The molecule has 0 spiro atoms. The Labute approximate surface area is 135 Å². The van der Waals surface area contributed by atoms with E-state index in [0.29, 0.717) is 10.7 Å². The van der Waals surface area contributed by atoms with E-state index in [9.17, 15) is 4.79 Å². The van der Waals surface area contributed by atoms with Crippen molar-refractivity contribution in [2.45, 2.75) is 20.8 Å². The second-order valence-corrected chi connectivity index (χ2v) is 5.30. The van der Waals surface area contributed by atoms with Gasteiger partial charge in [-0.25, -0.2) is 0 Å².